The van der Waals surface area contributed by atoms with Crippen molar-refractivity contribution < 1.29 is 0 Å². The lowest BCUT2D eigenvalue weighted by molar-refractivity contribution is 1.11. The molecule has 0 amide bonds. The van der Waals surface area contributed by atoms with Crippen molar-refractivity contribution in [2.24, 2.45) is 0 Å². The largest absolute Gasteiger partial charge is 0.382 e. The molecule has 0 saturated heterocycles. The molecule has 0 aliphatic rings. The van der Waals surface area contributed by atoms with E-state index >= 15 is 0 Å². The van der Waals surface area contributed by atoms with E-state index in [0.717, 1.165) is 28.2 Å². The number of aryl methyl sites for hydroxylation is 1. The van der Waals surface area contributed by atoms with Gasteiger partial charge in [-0.2, -0.15) is 5.10 Å². The average molecular weight is 270 g/mol. The van der Waals surface area contributed by atoms with Crippen LogP contribution in [0.1, 0.15) is 11.8 Å². The molecule has 0 radical (unpaired) electrons. The summed E-state index contributed by atoms with van der Waals surface area (Å²) in [5.74, 6) is 0.486. The molecular formula is C14H14N4S. The van der Waals surface area contributed by atoms with Crippen molar-refractivity contribution in [2.75, 3.05) is 5.73 Å². The monoisotopic (exact) mass is 270 g/mol. The Labute approximate surface area is 115 Å². The molecule has 0 aliphatic carbocycles. The minimum Gasteiger partial charge on any atom is -0.382 e. The molecule has 3 rings (SSSR count). The zero-order chi connectivity index (χ0) is 13.2. The molecule has 4 nitrogen and oxygen atoms in total. The van der Waals surface area contributed by atoms with Crippen LogP contribution in [0.3, 0.4) is 0 Å². The van der Waals surface area contributed by atoms with Gasteiger partial charge in [0.15, 0.2) is 5.82 Å². The number of rotatable bonds is 3. The van der Waals surface area contributed by atoms with Gasteiger partial charge in [0.2, 0.25) is 0 Å². The number of thiophene rings is 1. The van der Waals surface area contributed by atoms with Crippen molar-refractivity contribution >= 4 is 17.2 Å². The van der Waals surface area contributed by atoms with Gasteiger partial charge in [-0.1, -0.05) is 13.0 Å². The Kier molecular flexibility index (Phi) is 3.05. The fourth-order valence-corrected chi connectivity index (χ4v) is 2.96. The number of aromatic amines is 1. The summed E-state index contributed by atoms with van der Waals surface area (Å²) < 4.78 is 0. The summed E-state index contributed by atoms with van der Waals surface area (Å²) in [6, 6.07) is 10.0. The van der Waals surface area contributed by atoms with E-state index in [0.29, 0.717) is 5.82 Å². The number of H-pyrrole nitrogens is 1. The second kappa shape index (κ2) is 4.85. The number of anilines is 1. The van der Waals surface area contributed by atoms with Crippen molar-refractivity contribution in [2.45, 2.75) is 13.3 Å². The number of nitrogens with zero attached hydrogens (tertiary/aromatic N) is 2. The van der Waals surface area contributed by atoms with Crippen LogP contribution < -0.4 is 5.73 Å². The molecule has 5 heteroatoms. The maximum absolute atomic E-state index is 5.97. The van der Waals surface area contributed by atoms with Crippen LogP contribution in [0, 0.1) is 0 Å². The van der Waals surface area contributed by atoms with Crippen LogP contribution >= 0.6 is 11.3 Å². The van der Waals surface area contributed by atoms with E-state index in [-0.39, 0.29) is 0 Å². The van der Waals surface area contributed by atoms with Gasteiger partial charge in [-0.25, -0.2) is 0 Å². The van der Waals surface area contributed by atoms with E-state index in [1.54, 1.807) is 17.5 Å². The van der Waals surface area contributed by atoms with E-state index in [1.807, 2.05) is 18.2 Å². The van der Waals surface area contributed by atoms with Crippen LogP contribution in [-0.4, -0.2) is 15.2 Å². The maximum Gasteiger partial charge on any atom is 0.155 e. The highest BCUT2D eigenvalue weighted by Gasteiger charge is 2.16. The van der Waals surface area contributed by atoms with Gasteiger partial charge >= 0.3 is 0 Å². The summed E-state index contributed by atoms with van der Waals surface area (Å²) in [4.78, 5) is 6.84. The van der Waals surface area contributed by atoms with Crippen LogP contribution in [-0.2, 0) is 6.42 Å². The Morgan fingerprint density at radius 2 is 2.16 bits per heavy atom. The van der Waals surface area contributed by atoms with E-state index in [4.69, 9.17) is 5.73 Å². The third-order valence-corrected chi connectivity index (χ3v) is 4.22. The third-order valence-electron chi connectivity index (χ3n) is 2.97. The van der Waals surface area contributed by atoms with E-state index < -0.39 is 0 Å². The lowest BCUT2D eigenvalue weighted by atomic mass is 10.1. The molecule has 0 bridgehead atoms. The summed E-state index contributed by atoms with van der Waals surface area (Å²) in [7, 11) is 0. The van der Waals surface area contributed by atoms with Gasteiger partial charge in [0, 0.05) is 11.1 Å². The minimum absolute atomic E-state index is 0.486. The number of hydrogen-bond acceptors (Lipinski definition) is 4. The number of nitrogen functional groups attached to an aromatic ring is 1. The summed E-state index contributed by atoms with van der Waals surface area (Å²) in [5, 5.41) is 7.15. The van der Waals surface area contributed by atoms with Crippen molar-refractivity contribution in [1.82, 2.24) is 15.2 Å². The molecule has 0 spiro atoms. The first kappa shape index (κ1) is 11.9. The number of hydrogen-bond donors (Lipinski definition) is 2. The Morgan fingerprint density at radius 1 is 1.26 bits per heavy atom. The molecule has 3 heterocycles. The lowest BCUT2D eigenvalue weighted by Gasteiger charge is -2.01. The van der Waals surface area contributed by atoms with Gasteiger partial charge in [-0.05, 0) is 30.7 Å². The lowest BCUT2D eigenvalue weighted by Crippen LogP contribution is -1.90. The van der Waals surface area contributed by atoms with E-state index in [2.05, 4.69) is 34.2 Å². The minimum atomic E-state index is 0.486. The molecular weight excluding hydrogens is 256 g/mol. The average Bonchev–Trinajstić information content (AvgIpc) is 3.05. The van der Waals surface area contributed by atoms with Crippen LogP contribution in [0.5, 0.6) is 0 Å². The highest BCUT2D eigenvalue weighted by molar-refractivity contribution is 7.15. The highest BCUT2D eigenvalue weighted by atomic mass is 32.1. The van der Waals surface area contributed by atoms with E-state index in [9.17, 15) is 0 Å². The van der Waals surface area contributed by atoms with Crippen molar-refractivity contribution in [3.8, 4) is 21.8 Å². The number of nitrogens with two attached hydrogens (primary N) is 1. The quantitative estimate of drug-likeness (QED) is 0.767. The predicted molar refractivity (Wildman–Crippen MR) is 78.9 cm³/mol. The molecule has 0 atom stereocenters. The van der Waals surface area contributed by atoms with Gasteiger partial charge in [0.05, 0.1) is 21.8 Å². The zero-order valence-corrected chi connectivity index (χ0v) is 11.4. The highest BCUT2D eigenvalue weighted by Crippen LogP contribution is 2.36. The molecule has 3 aromatic heterocycles. The summed E-state index contributed by atoms with van der Waals surface area (Å²) in [5.41, 5.74) is 8.64. The van der Waals surface area contributed by atoms with Crippen LogP contribution in [0.25, 0.3) is 21.8 Å². The van der Waals surface area contributed by atoms with Crippen LogP contribution in [0.15, 0.2) is 36.5 Å². The van der Waals surface area contributed by atoms with Gasteiger partial charge in [-0.15, -0.1) is 11.3 Å². The van der Waals surface area contributed by atoms with Gasteiger partial charge in [0.1, 0.15) is 0 Å². The first-order valence-corrected chi connectivity index (χ1v) is 6.95. The fourth-order valence-electron chi connectivity index (χ4n) is 2.01. The molecule has 0 unspecified atom stereocenters. The number of pyridine rings is 1. The van der Waals surface area contributed by atoms with E-state index in [1.165, 1.54) is 4.88 Å². The van der Waals surface area contributed by atoms with Gasteiger partial charge < -0.3 is 5.73 Å². The maximum atomic E-state index is 5.97. The van der Waals surface area contributed by atoms with Crippen molar-refractivity contribution in [3.63, 3.8) is 0 Å². The molecule has 96 valence electrons. The standard InChI is InChI=1S/C14H14N4S/c1-2-9-6-7-11(19-9)13-12(14(15)18-17-13)10-5-3-4-8-16-10/h3-8H,2H2,1H3,(H3,15,17,18). The fraction of sp³-hybridized carbons (Fsp3) is 0.143. The smallest absolute Gasteiger partial charge is 0.155 e. The Hall–Kier alpha value is -2.14. The Balaban J connectivity index is 2.13. The summed E-state index contributed by atoms with van der Waals surface area (Å²) in [6.45, 7) is 2.15. The SMILES string of the molecule is CCc1ccc(-c2[nH]nc(N)c2-c2ccccn2)s1. The van der Waals surface area contributed by atoms with Gasteiger partial charge in [0.25, 0.3) is 0 Å². The molecule has 0 saturated carbocycles. The normalized spacial score (nSPS) is 10.8. The third kappa shape index (κ3) is 2.13. The first-order chi connectivity index (χ1) is 9.29. The number of aromatic nitrogens is 3. The molecule has 0 aromatic carbocycles. The number of nitrogens with one attached hydrogen (secondary N) is 1. The molecule has 3 aromatic rings. The molecule has 0 aliphatic heterocycles. The van der Waals surface area contributed by atoms with Crippen LogP contribution in [0.2, 0.25) is 0 Å². The van der Waals surface area contributed by atoms with Crippen LogP contribution in [0.4, 0.5) is 5.82 Å². The second-order valence-corrected chi connectivity index (χ2v) is 5.36. The topological polar surface area (TPSA) is 67.6 Å². The molecule has 3 N–H and O–H groups in total. The molecule has 19 heavy (non-hydrogen) atoms. The predicted octanol–water partition coefficient (Wildman–Crippen LogP) is 3.34. The van der Waals surface area contributed by atoms with Crippen molar-refractivity contribution in [3.05, 3.63) is 41.4 Å². The second-order valence-electron chi connectivity index (χ2n) is 4.19. The summed E-state index contributed by atoms with van der Waals surface area (Å²) in [6.07, 6.45) is 2.80. The Morgan fingerprint density at radius 3 is 2.84 bits per heavy atom. The first-order valence-electron chi connectivity index (χ1n) is 6.14. The molecule has 0 fully saturated rings. The Bertz CT molecular complexity index is 685. The van der Waals surface area contributed by atoms with Crippen molar-refractivity contribution in [1.29, 1.82) is 0 Å². The zero-order valence-electron chi connectivity index (χ0n) is 10.6. The van der Waals surface area contributed by atoms with Gasteiger partial charge in [-0.3, -0.25) is 10.1 Å². The summed E-state index contributed by atoms with van der Waals surface area (Å²) >= 11 is 1.75.